The topological polar surface area (TPSA) is 89.6 Å². The first-order valence-electron chi connectivity index (χ1n) is 4.80. The smallest absolute Gasteiger partial charge is 0.199 e. The first-order valence-corrected chi connectivity index (χ1v) is 4.80. The average molecular weight is 216 g/mol. The molecule has 0 aliphatic heterocycles. The Balaban J connectivity index is 2.47. The van der Waals surface area contributed by atoms with Gasteiger partial charge in [-0.25, -0.2) is 25.8 Å². The number of nitrogens with two attached hydrogens (primary N) is 1. The SMILES string of the molecule is Cc1cnc(-c2nc(C)cc(NN)n2)nc1. The lowest BCUT2D eigenvalue weighted by Gasteiger charge is -2.03. The van der Waals surface area contributed by atoms with Crippen LogP contribution in [0.2, 0.25) is 0 Å². The van der Waals surface area contributed by atoms with Gasteiger partial charge in [0.2, 0.25) is 0 Å². The van der Waals surface area contributed by atoms with Crippen molar-refractivity contribution in [3.05, 3.63) is 29.7 Å². The van der Waals surface area contributed by atoms with Gasteiger partial charge in [-0.15, -0.1) is 0 Å². The lowest BCUT2D eigenvalue weighted by molar-refractivity contribution is 1.03. The number of aryl methyl sites for hydroxylation is 2. The molecule has 0 atom stereocenters. The van der Waals surface area contributed by atoms with Crippen LogP contribution in [0.5, 0.6) is 0 Å². The number of hydrogen-bond donors (Lipinski definition) is 2. The second kappa shape index (κ2) is 4.19. The summed E-state index contributed by atoms with van der Waals surface area (Å²) in [5, 5.41) is 0. The molecule has 2 aromatic rings. The zero-order valence-electron chi connectivity index (χ0n) is 9.10. The molecule has 0 unspecified atom stereocenters. The molecule has 6 heteroatoms. The molecule has 2 rings (SSSR count). The highest BCUT2D eigenvalue weighted by molar-refractivity contribution is 5.48. The van der Waals surface area contributed by atoms with Crippen LogP contribution in [0.15, 0.2) is 18.5 Å². The number of aromatic nitrogens is 4. The maximum atomic E-state index is 5.31. The normalized spacial score (nSPS) is 10.2. The predicted molar refractivity (Wildman–Crippen MR) is 60.3 cm³/mol. The van der Waals surface area contributed by atoms with Crippen LogP contribution in [-0.2, 0) is 0 Å². The third kappa shape index (κ3) is 2.12. The molecule has 0 bridgehead atoms. The number of nitrogens with one attached hydrogen (secondary N) is 1. The summed E-state index contributed by atoms with van der Waals surface area (Å²) in [6, 6.07) is 1.75. The fraction of sp³-hybridized carbons (Fsp3) is 0.200. The molecule has 0 fully saturated rings. The van der Waals surface area contributed by atoms with E-state index in [9.17, 15) is 0 Å². The third-order valence-electron chi connectivity index (χ3n) is 1.98. The van der Waals surface area contributed by atoms with Crippen molar-refractivity contribution in [2.24, 2.45) is 5.84 Å². The van der Waals surface area contributed by atoms with Gasteiger partial charge in [-0.05, 0) is 19.4 Å². The highest BCUT2D eigenvalue weighted by Gasteiger charge is 2.06. The maximum absolute atomic E-state index is 5.31. The van der Waals surface area contributed by atoms with Gasteiger partial charge in [0.1, 0.15) is 5.82 Å². The molecule has 2 heterocycles. The minimum atomic E-state index is 0.466. The molecule has 2 aromatic heterocycles. The molecule has 0 spiro atoms. The first-order chi connectivity index (χ1) is 7.69. The van der Waals surface area contributed by atoms with Crippen molar-refractivity contribution in [1.29, 1.82) is 0 Å². The van der Waals surface area contributed by atoms with Crippen molar-refractivity contribution in [2.75, 3.05) is 5.43 Å². The van der Waals surface area contributed by atoms with E-state index in [2.05, 4.69) is 25.4 Å². The van der Waals surface area contributed by atoms with E-state index in [4.69, 9.17) is 5.84 Å². The summed E-state index contributed by atoms with van der Waals surface area (Å²) in [7, 11) is 0. The highest BCUT2D eigenvalue weighted by atomic mass is 15.3. The Morgan fingerprint density at radius 3 is 2.38 bits per heavy atom. The van der Waals surface area contributed by atoms with Gasteiger partial charge < -0.3 is 5.43 Å². The number of hydrazine groups is 1. The Morgan fingerprint density at radius 2 is 1.75 bits per heavy atom. The number of anilines is 1. The van der Waals surface area contributed by atoms with Gasteiger partial charge in [0.15, 0.2) is 11.6 Å². The summed E-state index contributed by atoms with van der Waals surface area (Å²) >= 11 is 0. The summed E-state index contributed by atoms with van der Waals surface area (Å²) < 4.78 is 0. The minimum Gasteiger partial charge on any atom is -0.308 e. The molecule has 0 amide bonds. The van der Waals surface area contributed by atoms with Crippen LogP contribution in [0.4, 0.5) is 5.82 Å². The standard InChI is InChI=1S/C10H12N6/c1-6-4-12-9(13-5-6)10-14-7(2)3-8(15-10)16-11/h3-5H,11H2,1-2H3,(H,14,15,16). The molecule has 82 valence electrons. The quantitative estimate of drug-likeness (QED) is 0.571. The van der Waals surface area contributed by atoms with Crippen molar-refractivity contribution in [1.82, 2.24) is 19.9 Å². The van der Waals surface area contributed by atoms with Crippen LogP contribution < -0.4 is 11.3 Å². The fourth-order valence-electron chi connectivity index (χ4n) is 1.25. The fourth-order valence-corrected chi connectivity index (χ4v) is 1.25. The number of rotatable bonds is 2. The van der Waals surface area contributed by atoms with Crippen molar-refractivity contribution in [3.63, 3.8) is 0 Å². The molecule has 16 heavy (non-hydrogen) atoms. The first kappa shape index (κ1) is 10.4. The van der Waals surface area contributed by atoms with E-state index in [1.165, 1.54) is 0 Å². The van der Waals surface area contributed by atoms with Crippen LogP contribution >= 0.6 is 0 Å². The van der Waals surface area contributed by atoms with Gasteiger partial charge in [-0.1, -0.05) is 0 Å². The van der Waals surface area contributed by atoms with E-state index in [1.54, 1.807) is 18.5 Å². The van der Waals surface area contributed by atoms with Gasteiger partial charge in [0.05, 0.1) is 0 Å². The lowest BCUT2D eigenvalue weighted by atomic mass is 10.3. The zero-order chi connectivity index (χ0) is 11.5. The molecule has 3 N–H and O–H groups in total. The second-order valence-corrected chi connectivity index (χ2v) is 3.45. The summed E-state index contributed by atoms with van der Waals surface area (Å²) in [5.74, 6) is 6.81. The van der Waals surface area contributed by atoms with Crippen molar-refractivity contribution in [3.8, 4) is 11.6 Å². The summed E-state index contributed by atoms with van der Waals surface area (Å²) in [6.07, 6.45) is 3.45. The van der Waals surface area contributed by atoms with Crippen LogP contribution in [-0.4, -0.2) is 19.9 Å². The Hall–Kier alpha value is -2.08. The monoisotopic (exact) mass is 216 g/mol. The van der Waals surface area contributed by atoms with E-state index >= 15 is 0 Å². The van der Waals surface area contributed by atoms with Crippen molar-refractivity contribution in [2.45, 2.75) is 13.8 Å². The molecule has 0 aromatic carbocycles. The third-order valence-corrected chi connectivity index (χ3v) is 1.98. The van der Waals surface area contributed by atoms with E-state index in [-0.39, 0.29) is 0 Å². The van der Waals surface area contributed by atoms with E-state index < -0.39 is 0 Å². The molecule has 0 aliphatic carbocycles. The molecule has 0 radical (unpaired) electrons. The van der Waals surface area contributed by atoms with E-state index in [1.807, 2.05) is 13.8 Å². The number of nitrogens with zero attached hydrogens (tertiary/aromatic N) is 4. The molecular weight excluding hydrogens is 204 g/mol. The van der Waals surface area contributed by atoms with E-state index in [0.717, 1.165) is 11.3 Å². The van der Waals surface area contributed by atoms with Crippen LogP contribution in [0, 0.1) is 13.8 Å². The van der Waals surface area contributed by atoms with Crippen LogP contribution in [0.1, 0.15) is 11.3 Å². The Morgan fingerprint density at radius 1 is 1.06 bits per heavy atom. The summed E-state index contributed by atoms with van der Waals surface area (Å²) in [5.41, 5.74) is 4.28. The molecule has 0 saturated heterocycles. The number of hydrogen-bond acceptors (Lipinski definition) is 6. The predicted octanol–water partition coefficient (Wildman–Crippen LogP) is 0.836. The van der Waals surface area contributed by atoms with E-state index in [0.29, 0.717) is 17.5 Å². The maximum Gasteiger partial charge on any atom is 0.199 e. The van der Waals surface area contributed by atoms with Crippen LogP contribution in [0.25, 0.3) is 11.6 Å². The molecular formula is C10H12N6. The minimum absolute atomic E-state index is 0.466. The lowest BCUT2D eigenvalue weighted by Crippen LogP contribution is -2.10. The summed E-state index contributed by atoms with van der Waals surface area (Å²) in [4.78, 5) is 16.8. The Labute approximate surface area is 93.0 Å². The van der Waals surface area contributed by atoms with Gasteiger partial charge >= 0.3 is 0 Å². The largest absolute Gasteiger partial charge is 0.308 e. The molecule has 6 nitrogen and oxygen atoms in total. The van der Waals surface area contributed by atoms with Gasteiger partial charge in [0.25, 0.3) is 0 Å². The second-order valence-electron chi connectivity index (χ2n) is 3.45. The average Bonchev–Trinajstić information content (AvgIpc) is 2.29. The van der Waals surface area contributed by atoms with Crippen molar-refractivity contribution >= 4 is 5.82 Å². The summed E-state index contributed by atoms with van der Waals surface area (Å²) in [6.45, 7) is 3.79. The highest BCUT2D eigenvalue weighted by Crippen LogP contribution is 2.12. The van der Waals surface area contributed by atoms with Crippen LogP contribution in [0.3, 0.4) is 0 Å². The van der Waals surface area contributed by atoms with Gasteiger partial charge in [-0.3, -0.25) is 0 Å². The Kier molecular flexibility index (Phi) is 2.74. The number of nitrogen functional groups attached to an aromatic ring is 1. The van der Waals surface area contributed by atoms with Gasteiger partial charge in [-0.2, -0.15) is 0 Å². The molecule has 0 saturated carbocycles. The molecule has 0 aliphatic rings. The van der Waals surface area contributed by atoms with Gasteiger partial charge in [0, 0.05) is 24.2 Å². The Bertz CT molecular complexity index is 493. The zero-order valence-corrected chi connectivity index (χ0v) is 9.10. The van der Waals surface area contributed by atoms with Crippen molar-refractivity contribution < 1.29 is 0 Å².